The van der Waals surface area contributed by atoms with E-state index >= 15 is 0 Å². The Balaban J connectivity index is 1.80. The lowest BCUT2D eigenvalue weighted by Gasteiger charge is -2.50. The van der Waals surface area contributed by atoms with E-state index in [-0.39, 0.29) is 11.7 Å². The van der Waals surface area contributed by atoms with Gasteiger partial charge in [0.1, 0.15) is 5.75 Å². The number of halogens is 3. The number of carbonyl (C=O) groups excluding carboxylic acids is 1. The van der Waals surface area contributed by atoms with Crippen molar-refractivity contribution >= 4 is 23.3 Å². The number of urea groups is 1. The molecule has 2 aliphatic rings. The monoisotopic (exact) mass is 350 g/mol. The second-order valence-electron chi connectivity index (χ2n) is 6.10. The molecule has 2 bridgehead atoms. The third-order valence-electron chi connectivity index (χ3n) is 4.40. The molecule has 1 N–H and O–H groups in total. The predicted octanol–water partition coefficient (Wildman–Crippen LogP) is 4.39. The summed E-state index contributed by atoms with van der Waals surface area (Å²) >= 11 is 6.03. The fourth-order valence-corrected chi connectivity index (χ4v) is 3.54. The number of nitrogens with one attached hydrogen (secondary N) is 1. The maximum absolute atomic E-state index is 13.6. The molecule has 2 aromatic rings. The van der Waals surface area contributed by atoms with Crippen molar-refractivity contribution in [3.05, 3.63) is 58.6 Å². The maximum atomic E-state index is 13.6. The van der Waals surface area contributed by atoms with Crippen LogP contribution in [0.4, 0.5) is 19.3 Å². The molecule has 0 radical (unpaired) electrons. The Kier molecular flexibility index (Phi) is 3.22. The predicted molar refractivity (Wildman–Crippen MR) is 85.2 cm³/mol. The summed E-state index contributed by atoms with van der Waals surface area (Å²) in [5, 5.41) is 3.43. The average molecular weight is 351 g/mol. The van der Waals surface area contributed by atoms with Gasteiger partial charge in [-0.1, -0.05) is 11.6 Å². The van der Waals surface area contributed by atoms with Gasteiger partial charge in [-0.3, -0.25) is 4.90 Å². The standard InChI is InChI=1S/C17H13ClF2N2O2/c1-17-8-14(11-6-9(18)2-5-15(11)24-17)21-16(23)22(17)10-3-4-12(19)13(20)7-10/h2-7,14H,8H2,1H3,(H,21,23)/t14-,17+/m1/s1. The van der Waals surface area contributed by atoms with E-state index < -0.39 is 23.4 Å². The van der Waals surface area contributed by atoms with Crippen LogP contribution in [0.3, 0.4) is 0 Å². The van der Waals surface area contributed by atoms with Crippen molar-refractivity contribution in [3.63, 3.8) is 0 Å². The molecule has 2 aliphatic heterocycles. The highest BCUT2D eigenvalue weighted by molar-refractivity contribution is 6.30. The molecule has 7 heteroatoms. The second-order valence-corrected chi connectivity index (χ2v) is 6.54. The van der Waals surface area contributed by atoms with E-state index in [1.165, 1.54) is 11.0 Å². The molecule has 2 aromatic carbocycles. The third kappa shape index (κ3) is 2.21. The molecule has 24 heavy (non-hydrogen) atoms. The first-order chi connectivity index (χ1) is 11.4. The lowest BCUT2D eigenvalue weighted by atomic mass is 9.90. The molecule has 2 atom stereocenters. The summed E-state index contributed by atoms with van der Waals surface area (Å²) < 4.78 is 32.9. The van der Waals surface area contributed by atoms with E-state index in [1.807, 2.05) is 0 Å². The van der Waals surface area contributed by atoms with Crippen molar-refractivity contribution in [2.75, 3.05) is 4.90 Å². The Bertz CT molecular complexity index is 860. The second kappa shape index (κ2) is 5.08. The largest absolute Gasteiger partial charge is 0.467 e. The van der Waals surface area contributed by atoms with E-state index in [9.17, 15) is 13.6 Å². The Morgan fingerprint density at radius 1 is 1.25 bits per heavy atom. The van der Waals surface area contributed by atoms with Crippen molar-refractivity contribution in [1.82, 2.24) is 5.32 Å². The summed E-state index contributed by atoms with van der Waals surface area (Å²) in [4.78, 5) is 13.9. The van der Waals surface area contributed by atoms with E-state index in [0.717, 1.165) is 17.7 Å². The molecule has 1 saturated heterocycles. The normalized spacial score (nSPS) is 24.9. The Hall–Kier alpha value is -2.34. The highest BCUT2D eigenvalue weighted by atomic mass is 35.5. The van der Waals surface area contributed by atoms with Gasteiger partial charge in [0.15, 0.2) is 17.4 Å². The fourth-order valence-electron chi connectivity index (χ4n) is 3.36. The van der Waals surface area contributed by atoms with Gasteiger partial charge in [-0.05, 0) is 37.3 Å². The zero-order valence-electron chi connectivity index (χ0n) is 12.6. The van der Waals surface area contributed by atoms with Crippen LogP contribution in [0, 0.1) is 11.6 Å². The van der Waals surface area contributed by atoms with Crippen LogP contribution in [-0.4, -0.2) is 11.8 Å². The fraction of sp³-hybridized carbons (Fsp3) is 0.235. The average Bonchev–Trinajstić information content (AvgIpc) is 2.51. The molecule has 0 spiro atoms. The minimum Gasteiger partial charge on any atom is -0.467 e. The van der Waals surface area contributed by atoms with Crippen LogP contribution in [-0.2, 0) is 0 Å². The number of rotatable bonds is 1. The van der Waals surface area contributed by atoms with Crippen LogP contribution >= 0.6 is 11.6 Å². The number of hydrogen-bond donors (Lipinski definition) is 1. The zero-order valence-corrected chi connectivity index (χ0v) is 13.4. The van der Waals surface area contributed by atoms with Gasteiger partial charge >= 0.3 is 6.03 Å². The summed E-state index contributed by atoms with van der Waals surface area (Å²) in [7, 11) is 0. The summed E-state index contributed by atoms with van der Waals surface area (Å²) in [5.74, 6) is -1.39. The van der Waals surface area contributed by atoms with Crippen molar-refractivity contribution in [2.24, 2.45) is 0 Å². The van der Waals surface area contributed by atoms with E-state index in [1.54, 1.807) is 25.1 Å². The number of nitrogens with zero attached hydrogens (tertiary/aromatic N) is 1. The Labute approximate surface area is 142 Å². The number of amides is 2. The minimum absolute atomic E-state index is 0.227. The first-order valence-electron chi connectivity index (χ1n) is 7.42. The first-order valence-corrected chi connectivity index (χ1v) is 7.79. The maximum Gasteiger partial charge on any atom is 0.325 e. The summed E-state index contributed by atoms with van der Waals surface area (Å²) in [5.41, 5.74) is 0.0148. The number of hydrogen-bond acceptors (Lipinski definition) is 2. The van der Waals surface area contributed by atoms with E-state index in [2.05, 4.69) is 5.32 Å². The number of benzene rings is 2. The summed E-state index contributed by atoms with van der Waals surface area (Å²) in [6.45, 7) is 1.75. The summed E-state index contributed by atoms with van der Waals surface area (Å²) in [6.07, 6.45) is 0.449. The van der Waals surface area contributed by atoms with Crippen molar-refractivity contribution < 1.29 is 18.3 Å². The van der Waals surface area contributed by atoms with Crippen LogP contribution in [0.5, 0.6) is 5.75 Å². The Morgan fingerprint density at radius 3 is 2.79 bits per heavy atom. The zero-order chi connectivity index (χ0) is 17.1. The van der Waals surface area contributed by atoms with Crippen molar-refractivity contribution in [2.45, 2.75) is 25.1 Å². The van der Waals surface area contributed by atoms with Gasteiger partial charge in [0, 0.05) is 23.1 Å². The van der Waals surface area contributed by atoms with Crippen LogP contribution in [0.15, 0.2) is 36.4 Å². The smallest absolute Gasteiger partial charge is 0.325 e. The highest BCUT2D eigenvalue weighted by Crippen LogP contribution is 2.46. The molecule has 0 unspecified atom stereocenters. The summed E-state index contributed by atoms with van der Waals surface area (Å²) in [6, 6.07) is 7.83. The van der Waals surface area contributed by atoms with Crippen LogP contribution in [0.2, 0.25) is 5.02 Å². The minimum atomic E-state index is -1.02. The van der Waals surface area contributed by atoms with E-state index in [4.69, 9.17) is 16.3 Å². The molecule has 124 valence electrons. The van der Waals surface area contributed by atoms with Gasteiger partial charge in [-0.25, -0.2) is 13.6 Å². The van der Waals surface area contributed by atoms with E-state index in [0.29, 0.717) is 17.2 Å². The number of anilines is 1. The van der Waals surface area contributed by atoms with Crippen LogP contribution in [0.1, 0.15) is 24.9 Å². The van der Waals surface area contributed by atoms with Crippen molar-refractivity contribution in [1.29, 1.82) is 0 Å². The van der Waals surface area contributed by atoms with Gasteiger partial charge in [-0.2, -0.15) is 0 Å². The highest BCUT2D eigenvalue weighted by Gasteiger charge is 2.50. The van der Waals surface area contributed by atoms with Crippen LogP contribution in [0.25, 0.3) is 0 Å². The molecule has 4 nitrogen and oxygen atoms in total. The SMILES string of the molecule is C[C@]12C[C@@H](NC(=O)N1c1ccc(F)c(F)c1)c1cc(Cl)ccc1O2. The number of carbonyl (C=O) groups is 1. The van der Waals surface area contributed by atoms with Gasteiger partial charge in [-0.15, -0.1) is 0 Å². The lowest BCUT2D eigenvalue weighted by Crippen LogP contribution is -2.65. The number of fused-ring (bicyclic) bond motifs is 4. The van der Waals surface area contributed by atoms with Crippen molar-refractivity contribution in [3.8, 4) is 5.75 Å². The van der Waals surface area contributed by atoms with Gasteiger partial charge in [0.05, 0.1) is 11.7 Å². The lowest BCUT2D eigenvalue weighted by molar-refractivity contribution is 0.0378. The quantitative estimate of drug-likeness (QED) is 0.828. The molecular weight excluding hydrogens is 338 g/mol. The Morgan fingerprint density at radius 2 is 2.04 bits per heavy atom. The topological polar surface area (TPSA) is 41.6 Å². The molecule has 2 heterocycles. The molecule has 1 fully saturated rings. The van der Waals surface area contributed by atoms with Gasteiger partial charge in [0.25, 0.3) is 0 Å². The first kappa shape index (κ1) is 15.2. The molecular formula is C17H13ClF2N2O2. The molecule has 4 rings (SSSR count). The molecule has 0 aromatic heterocycles. The third-order valence-corrected chi connectivity index (χ3v) is 4.63. The van der Waals surface area contributed by atoms with Crippen LogP contribution < -0.4 is 15.0 Å². The van der Waals surface area contributed by atoms with Gasteiger partial charge in [0.2, 0.25) is 0 Å². The van der Waals surface area contributed by atoms with Gasteiger partial charge < -0.3 is 10.1 Å². The number of ether oxygens (including phenoxy) is 1. The molecule has 0 aliphatic carbocycles. The molecule has 0 saturated carbocycles. The molecule has 2 amide bonds.